The third kappa shape index (κ3) is 1.51. The van der Waals surface area contributed by atoms with Gasteiger partial charge in [-0.2, -0.15) is 0 Å². The summed E-state index contributed by atoms with van der Waals surface area (Å²) >= 11 is 0. The van der Waals surface area contributed by atoms with Crippen molar-refractivity contribution in [3.05, 3.63) is 29.3 Å². The van der Waals surface area contributed by atoms with Crippen LogP contribution in [-0.4, -0.2) is 14.4 Å². The lowest BCUT2D eigenvalue weighted by molar-refractivity contribution is 0.833. The molecule has 0 aliphatic heterocycles. The van der Waals surface area contributed by atoms with Crippen molar-refractivity contribution in [2.75, 3.05) is 0 Å². The van der Waals surface area contributed by atoms with Crippen molar-refractivity contribution in [1.29, 1.82) is 0 Å². The van der Waals surface area contributed by atoms with Crippen molar-refractivity contribution < 1.29 is 0 Å². The molecule has 1 aliphatic rings. The number of fused-ring (bicyclic) bond motifs is 1. The van der Waals surface area contributed by atoms with Gasteiger partial charge in [-0.3, -0.25) is 4.40 Å². The highest BCUT2D eigenvalue weighted by Gasteiger charge is 2.26. The normalized spacial score (nSPS) is 16.2. The van der Waals surface area contributed by atoms with Gasteiger partial charge in [0, 0.05) is 18.1 Å². The highest BCUT2D eigenvalue weighted by molar-refractivity contribution is 5.38. The van der Waals surface area contributed by atoms with Crippen molar-refractivity contribution in [2.45, 2.75) is 45.4 Å². The number of hydrogen-bond donors (Lipinski definition) is 0. The zero-order valence-corrected chi connectivity index (χ0v) is 10.1. The monoisotopic (exact) mass is 215 g/mol. The first kappa shape index (κ1) is 9.82. The maximum Gasteiger partial charge on any atom is 0.234 e. The van der Waals surface area contributed by atoms with Crippen LogP contribution in [0.4, 0.5) is 0 Å². The zero-order valence-electron chi connectivity index (χ0n) is 10.1. The molecular weight excluding hydrogens is 198 g/mol. The second-order valence-electron chi connectivity index (χ2n) is 5.08. The van der Waals surface area contributed by atoms with Gasteiger partial charge in [0.05, 0.1) is 5.69 Å². The molecule has 0 bridgehead atoms. The number of imidazole rings is 1. The lowest BCUT2D eigenvalue weighted by Crippen LogP contribution is -1.96. The Balaban J connectivity index is 2.15. The van der Waals surface area contributed by atoms with Gasteiger partial charge in [0.1, 0.15) is 0 Å². The predicted octanol–water partition coefficient (Wildman–Crippen LogP) is 3.04. The van der Waals surface area contributed by atoms with Gasteiger partial charge in [-0.1, -0.05) is 13.8 Å². The minimum atomic E-state index is 0.464. The van der Waals surface area contributed by atoms with Crippen LogP contribution >= 0.6 is 0 Å². The molecule has 2 heterocycles. The SMILES string of the molecule is Cc1nc2nc(C(C)C)cn2cc1C1CC1. The Kier molecular flexibility index (Phi) is 2.03. The van der Waals surface area contributed by atoms with E-state index in [-0.39, 0.29) is 0 Å². The smallest absolute Gasteiger partial charge is 0.234 e. The second-order valence-corrected chi connectivity index (χ2v) is 5.08. The van der Waals surface area contributed by atoms with Gasteiger partial charge < -0.3 is 0 Å². The van der Waals surface area contributed by atoms with Crippen molar-refractivity contribution in [3.63, 3.8) is 0 Å². The number of aromatic nitrogens is 3. The molecule has 0 radical (unpaired) electrons. The number of nitrogens with zero attached hydrogens (tertiary/aromatic N) is 3. The Morgan fingerprint density at radius 1 is 1.25 bits per heavy atom. The van der Waals surface area contributed by atoms with E-state index < -0.39 is 0 Å². The van der Waals surface area contributed by atoms with Crippen LogP contribution in [0.2, 0.25) is 0 Å². The maximum atomic E-state index is 4.59. The van der Waals surface area contributed by atoms with Crippen LogP contribution in [0.3, 0.4) is 0 Å². The molecule has 0 amide bonds. The summed E-state index contributed by atoms with van der Waals surface area (Å²) in [6.45, 7) is 6.42. The highest BCUT2D eigenvalue weighted by atomic mass is 15.1. The highest BCUT2D eigenvalue weighted by Crippen LogP contribution is 2.41. The molecule has 3 rings (SSSR count). The summed E-state index contributed by atoms with van der Waals surface area (Å²) in [6, 6.07) is 0. The standard InChI is InChI=1S/C13H17N3/c1-8(2)12-7-16-6-11(10-4-5-10)9(3)14-13(16)15-12/h6-8,10H,4-5H2,1-3H3. The Labute approximate surface area is 95.5 Å². The molecule has 0 atom stereocenters. The average Bonchev–Trinajstić information content (AvgIpc) is 2.97. The van der Waals surface area contributed by atoms with Crippen LogP contribution in [-0.2, 0) is 0 Å². The first-order valence-electron chi connectivity index (χ1n) is 6.01. The zero-order chi connectivity index (χ0) is 11.3. The van der Waals surface area contributed by atoms with E-state index >= 15 is 0 Å². The minimum Gasteiger partial charge on any atom is -0.291 e. The number of aryl methyl sites for hydroxylation is 1. The summed E-state index contributed by atoms with van der Waals surface area (Å²) in [5.74, 6) is 2.05. The fourth-order valence-electron chi connectivity index (χ4n) is 2.11. The summed E-state index contributed by atoms with van der Waals surface area (Å²) in [7, 11) is 0. The molecule has 0 spiro atoms. The van der Waals surface area contributed by atoms with Crippen molar-refractivity contribution >= 4 is 5.78 Å². The Morgan fingerprint density at radius 3 is 2.62 bits per heavy atom. The lowest BCUT2D eigenvalue weighted by Gasteiger charge is -2.03. The van der Waals surface area contributed by atoms with E-state index in [1.807, 2.05) is 0 Å². The minimum absolute atomic E-state index is 0.464. The third-order valence-corrected chi connectivity index (χ3v) is 3.30. The van der Waals surface area contributed by atoms with Crippen LogP contribution in [0, 0.1) is 6.92 Å². The molecule has 84 valence electrons. The molecule has 16 heavy (non-hydrogen) atoms. The van der Waals surface area contributed by atoms with Gasteiger partial charge in [0.15, 0.2) is 0 Å². The molecule has 1 saturated carbocycles. The second kappa shape index (κ2) is 3.30. The first-order valence-corrected chi connectivity index (χ1v) is 6.01. The van der Waals surface area contributed by atoms with Crippen molar-refractivity contribution in [3.8, 4) is 0 Å². The quantitative estimate of drug-likeness (QED) is 0.770. The largest absolute Gasteiger partial charge is 0.291 e. The van der Waals surface area contributed by atoms with E-state index in [0.29, 0.717) is 5.92 Å². The molecule has 0 N–H and O–H groups in total. The molecule has 0 unspecified atom stereocenters. The third-order valence-electron chi connectivity index (χ3n) is 3.30. The van der Waals surface area contributed by atoms with E-state index in [0.717, 1.165) is 23.1 Å². The van der Waals surface area contributed by atoms with Crippen LogP contribution in [0.1, 0.15) is 55.5 Å². The summed E-state index contributed by atoms with van der Waals surface area (Å²) in [6.07, 6.45) is 6.96. The molecule has 1 fully saturated rings. The molecule has 0 aromatic carbocycles. The molecule has 3 heteroatoms. The summed E-state index contributed by atoms with van der Waals surface area (Å²) in [5.41, 5.74) is 3.68. The fraction of sp³-hybridized carbons (Fsp3) is 0.538. The van der Waals surface area contributed by atoms with E-state index in [1.54, 1.807) is 0 Å². The topological polar surface area (TPSA) is 30.2 Å². The maximum absolute atomic E-state index is 4.59. The number of rotatable bonds is 2. The van der Waals surface area contributed by atoms with Crippen LogP contribution in [0.5, 0.6) is 0 Å². The van der Waals surface area contributed by atoms with Gasteiger partial charge >= 0.3 is 0 Å². The van der Waals surface area contributed by atoms with Gasteiger partial charge in [0.2, 0.25) is 5.78 Å². The molecule has 0 saturated heterocycles. The molecular formula is C13H17N3. The number of hydrogen-bond acceptors (Lipinski definition) is 2. The van der Waals surface area contributed by atoms with Gasteiger partial charge in [-0.05, 0) is 37.2 Å². The Hall–Kier alpha value is -1.38. The average molecular weight is 215 g/mol. The Morgan fingerprint density at radius 2 is 2.00 bits per heavy atom. The summed E-state index contributed by atoms with van der Waals surface area (Å²) < 4.78 is 2.08. The molecule has 1 aliphatic carbocycles. The van der Waals surface area contributed by atoms with Gasteiger partial charge in [-0.25, -0.2) is 9.97 Å². The summed E-state index contributed by atoms with van der Waals surface area (Å²) in [5, 5.41) is 0. The van der Waals surface area contributed by atoms with E-state index in [1.165, 1.54) is 18.4 Å². The van der Waals surface area contributed by atoms with Crippen LogP contribution in [0.25, 0.3) is 5.78 Å². The first-order chi connectivity index (χ1) is 7.65. The fourth-order valence-corrected chi connectivity index (χ4v) is 2.11. The molecule has 2 aromatic heterocycles. The molecule has 2 aromatic rings. The van der Waals surface area contributed by atoms with Crippen LogP contribution in [0.15, 0.2) is 12.4 Å². The van der Waals surface area contributed by atoms with Gasteiger partial charge in [-0.15, -0.1) is 0 Å². The van der Waals surface area contributed by atoms with E-state index in [4.69, 9.17) is 0 Å². The van der Waals surface area contributed by atoms with Crippen LogP contribution < -0.4 is 0 Å². The Bertz CT molecular complexity index is 535. The van der Waals surface area contributed by atoms with Crippen molar-refractivity contribution in [1.82, 2.24) is 14.4 Å². The predicted molar refractivity (Wildman–Crippen MR) is 63.8 cm³/mol. The van der Waals surface area contributed by atoms with Gasteiger partial charge in [0.25, 0.3) is 0 Å². The lowest BCUT2D eigenvalue weighted by atomic mass is 10.1. The summed E-state index contributed by atoms with van der Waals surface area (Å²) in [4.78, 5) is 9.14. The van der Waals surface area contributed by atoms with E-state index in [9.17, 15) is 0 Å². The van der Waals surface area contributed by atoms with E-state index in [2.05, 4.69) is 47.5 Å². The van der Waals surface area contributed by atoms with Crippen molar-refractivity contribution in [2.24, 2.45) is 0 Å². The molecule has 3 nitrogen and oxygen atoms in total.